The maximum atomic E-state index is 13.4. The van der Waals surface area contributed by atoms with Crippen molar-refractivity contribution in [1.29, 1.82) is 0 Å². The number of fused-ring (bicyclic) bond motifs is 7. The van der Waals surface area contributed by atoms with E-state index < -0.39 is 0 Å². The number of aryl methyl sites for hydroxylation is 3. The fraction of sp³-hybridized carbons (Fsp3) is 0.440. The number of hydrogen-bond donors (Lipinski definition) is 0. The fourth-order valence-corrected chi connectivity index (χ4v) is 14.6. The lowest BCUT2D eigenvalue weighted by Gasteiger charge is -2.24. The first kappa shape index (κ1) is 99.2. The standard InChI is InChI=1S/C16H24N2O.3C14H19FN2O.3C14H19FN2/c1-5-6-14(17(2)3)12-18-10-9-13-11-15(19-4)7-8-16(13)18;1-10(16(2)3)9-17-13-6-5-12(15)7-11(13)8-14(17)18-4;1-10(16(2)3)9-17-6-5-11-7-12(15)8-13(18-4)14(11)17;1-10(16(2)3)8-17-9-14(18-4)12-7-11(15)5-6-13(12)17;1-10-7-14-12(8-13(10)15)5-6-17(14)9-11(2)16(3)4;1-10-7-13(15)8-12-5-6-17(14(10)12)9-11(2)16(3)4;1-10(16(3)4)9-17-8-7-12-11(2)13(15)5-6-14(12)17/h7-11,14H,5-6,12H2,1-4H3;2*5-8,10H,9H2,1-4H3;5-7,9-10H,8H2,1-4H3;2*5-8,11H,9H2,1-4H3;5-8,10H,9H2,1-4H3/t14-;3*10-;2*11-;10-/m1111111/s1. The largest absolute Gasteiger partial charge is 0.497 e. The first-order valence-corrected chi connectivity index (χ1v) is 42.7. The molecule has 0 saturated heterocycles. The van der Waals surface area contributed by atoms with Crippen molar-refractivity contribution in [3.05, 3.63) is 228 Å². The molecular weight excluding hydrogens is 1580 g/mol. The molecule has 0 N–H and O–H groups in total. The second-order valence-electron chi connectivity index (χ2n) is 34.5. The van der Waals surface area contributed by atoms with Gasteiger partial charge in [0.15, 0.2) is 5.88 Å². The summed E-state index contributed by atoms with van der Waals surface area (Å²) in [7, 11) is 35.6. The number of hydrogen-bond acceptors (Lipinski definition) is 11. The fourth-order valence-electron chi connectivity index (χ4n) is 14.6. The van der Waals surface area contributed by atoms with Crippen molar-refractivity contribution in [2.24, 2.45) is 0 Å². The predicted octanol–water partition coefficient (Wildman–Crippen LogP) is 20.7. The average Bonchev–Trinajstić information content (AvgIpc) is 1.77. The second kappa shape index (κ2) is 45.6. The van der Waals surface area contributed by atoms with Gasteiger partial charge in [0.05, 0.1) is 50.5 Å². The highest BCUT2D eigenvalue weighted by Gasteiger charge is 2.21. The molecule has 0 fully saturated rings. The van der Waals surface area contributed by atoms with E-state index in [9.17, 15) is 26.3 Å². The van der Waals surface area contributed by atoms with Crippen LogP contribution >= 0.6 is 0 Å². The van der Waals surface area contributed by atoms with E-state index in [1.807, 2.05) is 143 Å². The third-order valence-corrected chi connectivity index (χ3v) is 24.1. The van der Waals surface area contributed by atoms with Gasteiger partial charge in [-0.2, -0.15) is 0 Å². The average molecular weight is 1710 g/mol. The molecule has 24 heteroatoms. The van der Waals surface area contributed by atoms with Crippen molar-refractivity contribution >= 4 is 76.3 Å². The molecule has 674 valence electrons. The lowest BCUT2D eigenvalue weighted by molar-refractivity contribution is 0.251. The van der Waals surface area contributed by atoms with Crippen LogP contribution in [-0.2, 0) is 45.8 Å². The second-order valence-corrected chi connectivity index (χ2v) is 34.5. The Bertz CT molecular complexity index is 5670. The molecular formula is C100H138F6N14O4. The molecule has 7 atom stereocenters. The Morgan fingerprint density at radius 1 is 0.315 bits per heavy atom. The van der Waals surface area contributed by atoms with E-state index >= 15 is 0 Å². The van der Waals surface area contributed by atoms with Crippen LogP contribution in [0.15, 0.2) is 177 Å². The number of nitrogens with zero attached hydrogens (tertiary/aromatic N) is 14. The molecule has 0 amide bonds. The Kier molecular flexibility index (Phi) is 36.5. The number of benzene rings is 7. The maximum Gasteiger partial charge on any atom is 0.194 e. The van der Waals surface area contributed by atoms with Crippen LogP contribution in [0.4, 0.5) is 26.3 Å². The summed E-state index contributed by atoms with van der Waals surface area (Å²) in [5, 5.41) is 6.77. The van der Waals surface area contributed by atoms with E-state index in [0.717, 1.165) is 140 Å². The normalized spacial score (nSPS) is 13.3. The molecule has 0 aliphatic heterocycles. The molecule has 0 unspecified atom stereocenters. The van der Waals surface area contributed by atoms with E-state index in [1.165, 1.54) is 60.1 Å². The minimum Gasteiger partial charge on any atom is -0.497 e. The molecule has 7 aromatic carbocycles. The molecule has 124 heavy (non-hydrogen) atoms. The van der Waals surface area contributed by atoms with Gasteiger partial charge in [-0.1, -0.05) is 13.3 Å². The van der Waals surface area contributed by atoms with Gasteiger partial charge in [0.1, 0.15) is 52.2 Å². The van der Waals surface area contributed by atoms with E-state index in [1.54, 1.807) is 64.8 Å². The molecule has 0 radical (unpaired) electrons. The predicted molar refractivity (Wildman–Crippen MR) is 505 cm³/mol. The van der Waals surface area contributed by atoms with Gasteiger partial charge in [-0.25, -0.2) is 26.3 Å². The van der Waals surface area contributed by atoms with Gasteiger partial charge in [0, 0.05) is 192 Å². The van der Waals surface area contributed by atoms with Crippen LogP contribution in [0.2, 0.25) is 0 Å². The van der Waals surface area contributed by atoms with Crippen molar-refractivity contribution in [2.75, 3.05) is 127 Å². The third kappa shape index (κ3) is 26.0. The number of likely N-dealkylation sites (N-methyl/N-ethyl adjacent to an activating group) is 7. The van der Waals surface area contributed by atoms with Crippen molar-refractivity contribution in [3.63, 3.8) is 0 Å². The highest BCUT2D eigenvalue weighted by molar-refractivity contribution is 5.89. The first-order valence-electron chi connectivity index (χ1n) is 42.7. The van der Waals surface area contributed by atoms with E-state index in [0.29, 0.717) is 53.6 Å². The lowest BCUT2D eigenvalue weighted by atomic mass is 10.1. The monoisotopic (exact) mass is 1710 g/mol. The van der Waals surface area contributed by atoms with E-state index in [-0.39, 0.29) is 34.9 Å². The summed E-state index contributed by atoms with van der Waals surface area (Å²) >= 11 is 0. The zero-order valence-corrected chi connectivity index (χ0v) is 78.8. The summed E-state index contributed by atoms with van der Waals surface area (Å²) in [6.07, 6.45) is 14.6. The van der Waals surface area contributed by atoms with Gasteiger partial charge in [0.25, 0.3) is 0 Å². The molecule has 0 bridgehead atoms. The van der Waals surface area contributed by atoms with Crippen LogP contribution < -0.4 is 18.9 Å². The van der Waals surface area contributed by atoms with Crippen molar-refractivity contribution < 1.29 is 45.3 Å². The number of ether oxygens (including phenoxy) is 4. The van der Waals surface area contributed by atoms with Gasteiger partial charge in [0.2, 0.25) is 0 Å². The molecule has 14 rings (SSSR count). The zero-order valence-electron chi connectivity index (χ0n) is 78.8. The Hall–Kier alpha value is -10.2. The quantitative estimate of drug-likeness (QED) is 0.0461. The summed E-state index contributed by atoms with van der Waals surface area (Å²) in [5.74, 6) is 1.85. The summed E-state index contributed by atoms with van der Waals surface area (Å²) in [6, 6.07) is 44.0. The molecule has 0 saturated carbocycles. The van der Waals surface area contributed by atoms with Gasteiger partial charge in [-0.15, -0.1) is 0 Å². The minimum atomic E-state index is -0.266. The number of aromatic nitrogens is 7. The van der Waals surface area contributed by atoms with Crippen molar-refractivity contribution in [1.82, 2.24) is 66.3 Å². The molecule has 0 aliphatic carbocycles. The smallest absolute Gasteiger partial charge is 0.194 e. The summed E-state index contributed by atoms with van der Waals surface area (Å²) in [6.45, 7) is 27.1. The summed E-state index contributed by atoms with van der Waals surface area (Å²) < 4.78 is 116. The highest BCUT2D eigenvalue weighted by atomic mass is 19.1. The van der Waals surface area contributed by atoms with Crippen molar-refractivity contribution in [3.8, 4) is 23.1 Å². The lowest BCUT2D eigenvalue weighted by Crippen LogP contribution is -2.31. The Labute approximate surface area is 732 Å². The topological polar surface area (TPSA) is 94.1 Å². The van der Waals surface area contributed by atoms with Gasteiger partial charge in [-0.3, -0.25) is 0 Å². The van der Waals surface area contributed by atoms with E-state index in [4.69, 9.17) is 18.9 Å². The van der Waals surface area contributed by atoms with Gasteiger partial charge in [-0.05, 0) is 311 Å². The van der Waals surface area contributed by atoms with Crippen LogP contribution in [0, 0.1) is 55.7 Å². The summed E-state index contributed by atoms with van der Waals surface area (Å²) in [4.78, 5) is 15.3. The molecule has 7 aromatic heterocycles. The van der Waals surface area contributed by atoms with Gasteiger partial charge >= 0.3 is 0 Å². The molecule has 0 spiro atoms. The molecule has 7 heterocycles. The number of rotatable bonds is 27. The molecule has 14 aromatic rings. The van der Waals surface area contributed by atoms with Crippen molar-refractivity contribution in [2.45, 2.75) is 170 Å². The van der Waals surface area contributed by atoms with Crippen LogP contribution in [0.25, 0.3) is 76.3 Å². The molecule has 18 nitrogen and oxygen atoms in total. The minimum absolute atomic E-state index is 0.129. The Morgan fingerprint density at radius 2 is 0.750 bits per heavy atom. The SMILES string of the molecule is CCC[C@H](Cn1ccc2cc(OC)ccc21)N(C)C.COc1cc(F)cc2ccn(C[C@@H](C)N(C)C)c12.COc1cc2cc(F)ccc2n1C[C@@H](C)N(C)C.COc1cn(C[C@@H](C)N(C)C)c2ccc(F)cc12.Cc1c(F)ccc2c1ccn2C[C@@H](C)N(C)C.Cc1cc(F)cc2ccn(C[C@@H](C)N(C)C)c12.Cc1cc2c(ccn2C[C@@H](C)N(C)C)cc1F. The van der Waals surface area contributed by atoms with Crippen LogP contribution in [0.5, 0.6) is 23.1 Å². The Balaban J connectivity index is 0.000000179. The van der Waals surface area contributed by atoms with Crippen LogP contribution in [-0.4, -0.2) is 236 Å². The highest BCUT2D eigenvalue weighted by Crippen LogP contribution is 2.33. The Morgan fingerprint density at radius 3 is 1.28 bits per heavy atom. The van der Waals surface area contributed by atoms with Gasteiger partial charge < -0.3 is 85.2 Å². The maximum absolute atomic E-state index is 13.4. The third-order valence-electron chi connectivity index (χ3n) is 24.1. The first-order chi connectivity index (χ1) is 58.7. The van der Waals surface area contributed by atoms with Crippen LogP contribution in [0.1, 0.15) is 78.0 Å². The molecule has 0 aliphatic rings. The van der Waals surface area contributed by atoms with E-state index in [2.05, 4.69) is 196 Å². The number of halogens is 6. The summed E-state index contributed by atoms with van der Waals surface area (Å²) in [5.41, 5.74) is 10.0. The van der Waals surface area contributed by atoms with Crippen LogP contribution in [0.3, 0.4) is 0 Å². The zero-order chi connectivity index (χ0) is 91.4. The number of methoxy groups -OCH3 is 4.